The summed E-state index contributed by atoms with van der Waals surface area (Å²) in [6.45, 7) is 1.20. The number of carbonyl (C=O) groups is 1. The highest BCUT2D eigenvalue weighted by atomic mass is 35.5. The first-order valence-electron chi connectivity index (χ1n) is 9.79. The molecule has 0 unspecified atom stereocenters. The molecule has 4 nitrogen and oxygen atoms in total. The first kappa shape index (κ1) is 20.5. The van der Waals surface area contributed by atoms with Gasteiger partial charge in [-0.3, -0.25) is 4.79 Å². The standard InChI is InChI=1S/C24H21Cl2N3O/c25-19-11-9-17(10-12-19)16-29-22-8-4-3-7-21(22)28-23(29)13-14-27-24(30)15-18-5-1-2-6-20(18)26/h1-12H,13-16H2,(H,27,30). The van der Waals surface area contributed by atoms with E-state index in [1.54, 1.807) is 6.07 Å². The average molecular weight is 438 g/mol. The van der Waals surface area contributed by atoms with Gasteiger partial charge in [0.2, 0.25) is 5.91 Å². The van der Waals surface area contributed by atoms with E-state index in [0.717, 1.165) is 33.0 Å². The van der Waals surface area contributed by atoms with Crippen LogP contribution in [-0.4, -0.2) is 22.0 Å². The number of benzene rings is 3. The molecule has 152 valence electrons. The number of halogens is 2. The Morgan fingerprint density at radius 2 is 1.67 bits per heavy atom. The van der Waals surface area contributed by atoms with E-state index in [1.807, 2.05) is 60.7 Å². The molecule has 0 saturated carbocycles. The minimum absolute atomic E-state index is 0.0523. The van der Waals surface area contributed by atoms with Crippen LogP contribution in [-0.2, 0) is 24.2 Å². The molecule has 6 heteroatoms. The van der Waals surface area contributed by atoms with E-state index >= 15 is 0 Å². The minimum Gasteiger partial charge on any atom is -0.355 e. The fourth-order valence-corrected chi connectivity index (χ4v) is 3.78. The Kier molecular flexibility index (Phi) is 6.36. The highest BCUT2D eigenvalue weighted by molar-refractivity contribution is 6.31. The van der Waals surface area contributed by atoms with Crippen LogP contribution in [0.4, 0.5) is 0 Å². The minimum atomic E-state index is -0.0523. The lowest BCUT2D eigenvalue weighted by molar-refractivity contribution is -0.120. The number of nitrogens with one attached hydrogen (secondary N) is 1. The van der Waals surface area contributed by atoms with Gasteiger partial charge in [0.15, 0.2) is 0 Å². The molecule has 4 rings (SSSR count). The molecule has 0 aliphatic carbocycles. The summed E-state index contributed by atoms with van der Waals surface area (Å²) in [6.07, 6.45) is 0.900. The van der Waals surface area contributed by atoms with E-state index < -0.39 is 0 Å². The van der Waals surface area contributed by atoms with Gasteiger partial charge < -0.3 is 9.88 Å². The predicted molar refractivity (Wildman–Crippen MR) is 122 cm³/mol. The van der Waals surface area contributed by atoms with Crippen LogP contribution in [0.3, 0.4) is 0 Å². The van der Waals surface area contributed by atoms with Crippen molar-refractivity contribution in [2.45, 2.75) is 19.4 Å². The van der Waals surface area contributed by atoms with Crippen molar-refractivity contribution in [3.05, 3.63) is 99.8 Å². The predicted octanol–water partition coefficient (Wildman–Crippen LogP) is 5.29. The maximum atomic E-state index is 12.3. The zero-order chi connectivity index (χ0) is 20.9. The smallest absolute Gasteiger partial charge is 0.224 e. The summed E-state index contributed by atoms with van der Waals surface area (Å²) < 4.78 is 2.19. The largest absolute Gasteiger partial charge is 0.355 e. The SMILES string of the molecule is O=C(Cc1ccccc1Cl)NCCc1nc2ccccc2n1Cc1ccc(Cl)cc1. The number of imidazole rings is 1. The van der Waals surface area contributed by atoms with Gasteiger partial charge in [-0.25, -0.2) is 4.98 Å². The van der Waals surface area contributed by atoms with Crippen LogP contribution in [0.25, 0.3) is 11.0 Å². The van der Waals surface area contributed by atoms with Gasteiger partial charge in [0.05, 0.1) is 17.5 Å². The third-order valence-corrected chi connectivity index (χ3v) is 5.59. The Hall–Kier alpha value is -2.82. The second-order valence-corrected chi connectivity index (χ2v) is 7.94. The Bertz CT molecular complexity index is 1170. The molecule has 4 aromatic rings. The van der Waals surface area contributed by atoms with Crippen LogP contribution in [0.15, 0.2) is 72.8 Å². The monoisotopic (exact) mass is 437 g/mol. The van der Waals surface area contributed by atoms with Crippen LogP contribution in [0.5, 0.6) is 0 Å². The molecule has 1 aromatic heterocycles. The van der Waals surface area contributed by atoms with Gasteiger partial charge in [-0.05, 0) is 41.5 Å². The van der Waals surface area contributed by atoms with Crippen molar-refractivity contribution in [3.63, 3.8) is 0 Å². The number of hydrogen-bond acceptors (Lipinski definition) is 2. The Morgan fingerprint density at radius 1 is 0.933 bits per heavy atom. The lowest BCUT2D eigenvalue weighted by Gasteiger charge is -2.11. The molecule has 0 bridgehead atoms. The third-order valence-electron chi connectivity index (χ3n) is 4.97. The summed E-state index contributed by atoms with van der Waals surface area (Å²) >= 11 is 12.2. The van der Waals surface area contributed by atoms with Crippen LogP contribution < -0.4 is 5.32 Å². The Labute approximate surface area is 185 Å². The van der Waals surface area contributed by atoms with Crippen LogP contribution in [0.2, 0.25) is 10.0 Å². The first-order valence-corrected chi connectivity index (χ1v) is 10.5. The van der Waals surface area contributed by atoms with Crippen molar-refractivity contribution in [1.82, 2.24) is 14.9 Å². The molecule has 0 atom stereocenters. The molecule has 1 amide bonds. The molecule has 1 N–H and O–H groups in total. The van der Waals surface area contributed by atoms with E-state index in [-0.39, 0.29) is 12.3 Å². The van der Waals surface area contributed by atoms with Gasteiger partial charge in [-0.15, -0.1) is 0 Å². The molecule has 0 fully saturated rings. The molecule has 0 aliphatic heterocycles. The topological polar surface area (TPSA) is 46.9 Å². The van der Waals surface area contributed by atoms with Gasteiger partial charge in [-0.2, -0.15) is 0 Å². The van der Waals surface area contributed by atoms with Crippen molar-refractivity contribution in [2.24, 2.45) is 0 Å². The number of para-hydroxylation sites is 2. The Balaban J connectivity index is 1.46. The van der Waals surface area contributed by atoms with Crippen molar-refractivity contribution >= 4 is 40.1 Å². The number of rotatable bonds is 7. The maximum Gasteiger partial charge on any atom is 0.224 e. The zero-order valence-electron chi connectivity index (χ0n) is 16.3. The average Bonchev–Trinajstić information content (AvgIpc) is 3.09. The van der Waals surface area contributed by atoms with Crippen molar-refractivity contribution < 1.29 is 4.79 Å². The number of carbonyl (C=O) groups excluding carboxylic acids is 1. The Morgan fingerprint density at radius 3 is 2.47 bits per heavy atom. The second kappa shape index (κ2) is 9.33. The van der Waals surface area contributed by atoms with E-state index in [2.05, 4.69) is 16.0 Å². The molecule has 0 radical (unpaired) electrons. The van der Waals surface area contributed by atoms with Gasteiger partial charge in [-0.1, -0.05) is 65.7 Å². The number of hydrogen-bond donors (Lipinski definition) is 1. The number of amides is 1. The van der Waals surface area contributed by atoms with Crippen molar-refractivity contribution in [2.75, 3.05) is 6.54 Å². The van der Waals surface area contributed by atoms with E-state index in [4.69, 9.17) is 28.2 Å². The molecule has 0 spiro atoms. The number of aromatic nitrogens is 2. The number of nitrogens with zero attached hydrogens (tertiary/aromatic N) is 2. The van der Waals surface area contributed by atoms with E-state index in [1.165, 1.54) is 0 Å². The molecule has 30 heavy (non-hydrogen) atoms. The summed E-state index contributed by atoms with van der Waals surface area (Å²) in [4.78, 5) is 17.1. The first-order chi connectivity index (χ1) is 14.6. The lowest BCUT2D eigenvalue weighted by atomic mass is 10.1. The summed E-state index contributed by atoms with van der Waals surface area (Å²) in [5, 5.41) is 4.31. The van der Waals surface area contributed by atoms with Gasteiger partial charge >= 0.3 is 0 Å². The fraction of sp³-hybridized carbons (Fsp3) is 0.167. The molecular formula is C24H21Cl2N3O. The highest BCUT2D eigenvalue weighted by Crippen LogP contribution is 2.19. The zero-order valence-corrected chi connectivity index (χ0v) is 17.8. The lowest BCUT2D eigenvalue weighted by Crippen LogP contribution is -2.28. The normalized spacial score (nSPS) is 11.0. The molecular weight excluding hydrogens is 417 g/mol. The highest BCUT2D eigenvalue weighted by Gasteiger charge is 2.12. The van der Waals surface area contributed by atoms with Crippen molar-refractivity contribution in [1.29, 1.82) is 0 Å². The second-order valence-electron chi connectivity index (χ2n) is 7.10. The van der Waals surface area contributed by atoms with Gasteiger partial charge in [0.1, 0.15) is 5.82 Å². The van der Waals surface area contributed by atoms with Crippen LogP contribution in [0.1, 0.15) is 17.0 Å². The quantitative estimate of drug-likeness (QED) is 0.426. The molecule has 3 aromatic carbocycles. The van der Waals surface area contributed by atoms with E-state index in [0.29, 0.717) is 24.5 Å². The fourth-order valence-electron chi connectivity index (χ4n) is 3.46. The van der Waals surface area contributed by atoms with Gasteiger partial charge in [0.25, 0.3) is 0 Å². The van der Waals surface area contributed by atoms with Gasteiger partial charge in [0, 0.05) is 29.6 Å². The number of fused-ring (bicyclic) bond motifs is 1. The summed E-state index contributed by atoms with van der Waals surface area (Å²) in [5.74, 6) is 0.882. The summed E-state index contributed by atoms with van der Waals surface area (Å²) in [7, 11) is 0. The molecule has 1 heterocycles. The van der Waals surface area contributed by atoms with Crippen LogP contribution >= 0.6 is 23.2 Å². The van der Waals surface area contributed by atoms with Crippen LogP contribution in [0, 0.1) is 0 Å². The summed E-state index contributed by atoms with van der Waals surface area (Å²) in [5.41, 5.74) is 3.99. The van der Waals surface area contributed by atoms with E-state index in [9.17, 15) is 4.79 Å². The summed E-state index contributed by atoms with van der Waals surface area (Å²) in [6, 6.07) is 23.3. The third kappa shape index (κ3) is 4.84. The molecule has 0 saturated heterocycles. The molecule has 0 aliphatic rings. The van der Waals surface area contributed by atoms with Crippen molar-refractivity contribution in [3.8, 4) is 0 Å². The maximum absolute atomic E-state index is 12.3.